The van der Waals surface area contributed by atoms with E-state index < -0.39 is 0 Å². The third-order valence-corrected chi connectivity index (χ3v) is 3.38. The molecule has 0 saturated carbocycles. The number of para-hydroxylation sites is 1. The van der Waals surface area contributed by atoms with Crippen molar-refractivity contribution in [2.24, 2.45) is 5.84 Å². The second-order valence-electron chi connectivity index (χ2n) is 4.92. The van der Waals surface area contributed by atoms with E-state index in [0.717, 1.165) is 31.7 Å². The maximum Gasteiger partial charge on any atom is 0.0720 e. The average Bonchev–Trinajstić information content (AvgIpc) is 2.84. The SMILES string of the molecule is CCCOCC(Cc1nn(CC)c2ccccc12)NN. The van der Waals surface area contributed by atoms with E-state index >= 15 is 0 Å². The number of hydrazine groups is 1. The first-order valence-electron chi connectivity index (χ1n) is 7.28. The molecule has 110 valence electrons. The van der Waals surface area contributed by atoms with Gasteiger partial charge in [0.15, 0.2) is 0 Å². The molecule has 0 amide bonds. The highest BCUT2D eigenvalue weighted by molar-refractivity contribution is 5.82. The molecular formula is C15H24N4O. The normalized spacial score (nSPS) is 12.9. The predicted molar refractivity (Wildman–Crippen MR) is 81.3 cm³/mol. The van der Waals surface area contributed by atoms with Crippen LogP contribution in [-0.4, -0.2) is 29.0 Å². The summed E-state index contributed by atoms with van der Waals surface area (Å²) in [4.78, 5) is 0. The maximum atomic E-state index is 5.62. The molecule has 2 aromatic rings. The maximum absolute atomic E-state index is 5.62. The number of rotatable bonds is 8. The molecule has 3 N–H and O–H groups in total. The highest BCUT2D eigenvalue weighted by atomic mass is 16.5. The van der Waals surface area contributed by atoms with Crippen LogP contribution in [0.5, 0.6) is 0 Å². The first kappa shape index (κ1) is 15.0. The van der Waals surface area contributed by atoms with E-state index in [1.165, 1.54) is 10.9 Å². The fraction of sp³-hybridized carbons (Fsp3) is 0.533. The molecule has 5 nitrogen and oxygen atoms in total. The second kappa shape index (κ2) is 7.38. The number of nitrogens with one attached hydrogen (secondary N) is 1. The van der Waals surface area contributed by atoms with Crippen molar-refractivity contribution < 1.29 is 4.74 Å². The minimum Gasteiger partial charge on any atom is -0.380 e. The Morgan fingerprint density at radius 2 is 2.15 bits per heavy atom. The first-order chi connectivity index (χ1) is 9.80. The van der Waals surface area contributed by atoms with Gasteiger partial charge in [-0.1, -0.05) is 25.1 Å². The highest BCUT2D eigenvalue weighted by Gasteiger charge is 2.14. The summed E-state index contributed by atoms with van der Waals surface area (Å²) in [6.07, 6.45) is 1.79. The van der Waals surface area contributed by atoms with Crippen LogP contribution in [0.3, 0.4) is 0 Å². The first-order valence-corrected chi connectivity index (χ1v) is 7.28. The van der Waals surface area contributed by atoms with Crippen LogP contribution in [0.2, 0.25) is 0 Å². The van der Waals surface area contributed by atoms with Crippen LogP contribution in [-0.2, 0) is 17.7 Å². The summed E-state index contributed by atoms with van der Waals surface area (Å²) in [7, 11) is 0. The zero-order chi connectivity index (χ0) is 14.4. The van der Waals surface area contributed by atoms with Crippen molar-refractivity contribution in [3.05, 3.63) is 30.0 Å². The standard InChI is InChI=1S/C15H24N4O/c1-3-9-20-11-12(17-16)10-14-13-7-5-6-8-15(13)19(4-2)18-14/h5-8,12,17H,3-4,9-11,16H2,1-2H3. The number of fused-ring (bicyclic) bond motifs is 1. The fourth-order valence-corrected chi connectivity index (χ4v) is 2.36. The van der Waals surface area contributed by atoms with Crippen LogP contribution in [0, 0.1) is 0 Å². The van der Waals surface area contributed by atoms with Gasteiger partial charge in [-0.2, -0.15) is 5.10 Å². The summed E-state index contributed by atoms with van der Waals surface area (Å²) in [6, 6.07) is 8.40. The zero-order valence-electron chi connectivity index (χ0n) is 12.3. The molecule has 0 aliphatic heterocycles. The van der Waals surface area contributed by atoms with Crippen molar-refractivity contribution in [1.29, 1.82) is 0 Å². The molecule has 0 saturated heterocycles. The Bertz CT molecular complexity index is 538. The molecule has 0 fully saturated rings. The molecule has 1 atom stereocenters. The summed E-state index contributed by atoms with van der Waals surface area (Å²) in [5, 5.41) is 5.89. The second-order valence-corrected chi connectivity index (χ2v) is 4.92. The molecule has 0 spiro atoms. The van der Waals surface area contributed by atoms with Crippen molar-refractivity contribution in [3.63, 3.8) is 0 Å². The van der Waals surface area contributed by atoms with E-state index in [1.54, 1.807) is 0 Å². The van der Waals surface area contributed by atoms with Crippen LogP contribution in [0.4, 0.5) is 0 Å². The lowest BCUT2D eigenvalue weighted by atomic mass is 10.1. The largest absolute Gasteiger partial charge is 0.380 e. The molecule has 1 unspecified atom stereocenters. The molecule has 1 aromatic carbocycles. The summed E-state index contributed by atoms with van der Waals surface area (Å²) in [5.74, 6) is 5.62. The van der Waals surface area contributed by atoms with E-state index in [9.17, 15) is 0 Å². The van der Waals surface area contributed by atoms with Gasteiger partial charge < -0.3 is 4.74 Å². The van der Waals surface area contributed by atoms with Crippen LogP contribution in [0.1, 0.15) is 26.0 Å². The lowest BCUT2D eigenvalue weighted by Crippen LogP contribution is -2.40. The Labute approximate surface area is 120 Å². The fourth-order valence-electron chi connectivity index (χ4n) is 2.36. The van der Waals surface area contributed by atoms with Crippen molar-refractivity contribution >= 4 is 10.9 Å². The molecule has 5 heteroatoms. The van der Waals surface area contributed by atoms with Gasteiger partial charge in [-0.25, -0.2) is 0 Å². The minimum atomic E-state index is 0.0881. The van der Waals surface area contributed by atoms with Crippen molar-refractivity contribution in [2.75, 3.05) is 13.2 Å². The van der Waals surface area contributed by atoms with E-state index in [-0.39, 0.29) is 6.04 Å². The molecule has 0 aliphatic carbocycles. The van der Waals surface area contributed by atoms with Crippen molar-refractivity contribution in [3.8, 4) is 0 Å². The van der Waals surface area contributed by atoms with Gasteiger partial charge in [0.2, 0.25) is 0 Å². The molecule has 2 rings (SSSR count). The van der Waals surface area contributed by atoms with Gasteiger partial charge in [-0.05, 0) is 19.4 Å². The van der Waals surface area contributed by atoms with Crippen molar-refractivity contribution in [1.82, 2.24) is 15.2 Å². The lowest BCUT2D eigenvalue weighted by molar-refractivity contribution is 0.111. The third-order valence-electron chi connectivity index (χ3n) is 3.38. The average molecular weight is 276 g/mol. The number of nitrogens with two attached hydrogens (primary N) is 1. The van der Waals surface area contributed by atoms with Crippen molar-refractivity contribution in [2.45, 2.75) is 39.3 Å². The monoisotopic (exact) mass is 276 g/mol. The Kier molecular flexibility index (Phi) is 5.52. The van der Waals surface area contributed by atoms with Gasteiger partial charge in [0.05, 0.1) is 23.9 Å². The number of nitrogens with zero attached hydrogens (tertiary/aromatic N) is 2. The molecule has 0 radical (unpaired) electrons. The third kappa shape index (κ3) is 3.36. The quantitative estimate of drug-likeness (QED) is 0.439. The Morgan fingerprint density at radius 1 is 1.35 bits per heavy atom. The van der Waals surface area contributed by atoms with Gasteiger partial charge in [0, 0.05) is 25.0 Å². The molecule has 0 bridgehead atoms. The molecular weight excluding hydrogens is 252 g/mol. The lowest BCUT2D eigenvalue weighted by Gasteiger charge is -2.14. The number of hydrogen-bond acceptors (Lipinski definition) is 4. The summed E-state index contributed by atoms with van der Waals surface area (Å²) >= 11 is 0. The number of hydrogen-bond donors (Lipinski definition) is 2. The Morgan fingerprint density at radius 3 is 2.85 bits per heavy atom. The highest BCUT2D eigenvalue weighted by Crippen LogP contribution is 2.19. The summed E-state index contributed by atoms with van der Waals surface area (Å²) in [6.45, 7) is 6.45. The van der Waals surface area contributed by atoms with Crippen LogP contribution in [0.25, 0.3) is 10.9 Å². The van der Waals surface area contributed by atoms with E-state index in [1.807, 2.05) is 16.8 Å². The summed E-state index contributed by atoms with van der Waals surface area (Å²) in [5.41, 5.74) is 5.08. The van der Waals surface area contributed by atoms with Gasteiger partial charge in [0.25, 0.3) is 0 Å². The van der Waals surface area contributed by atoms with E-state index in [4.69, 9.17) is 10.6 Å². The van der Waals surface area contributed by atoms with E-state index in [0.29, 0.717) is 6.61 Å². The van der Waals surface area contributed by atoms with E-state index in [2.05, 4.69) is 36.5 Å². The van der Waals surface area contributed by atoms with Gasteiger partial charge in [-0.3, -0.25) is 16.0 Å². The smallest absolute Gasteiger partial charge is 0.0720 e. The molecule has 1 heterocycles. The number of ether oxygens (including phenoxy) is 1. The molecule has 0 aliphatic rings. The number of aromatic nitrogens is 2. The van der Waals surface area contributed by atoms with Crippen LogP contribution >= 0.6 is 0 Å². The van der Waals surface area contributed by atoms with Gasteiger partial charge >= 0.3 is 0 Å². The topological polar surface area (TPSA) is 65.1 Å². The predicted octanol–water partition coefficient (Wildman–Crippen LogP) is 1.86. The zero-order valence-corrected chi connectivity index (χ0v) is 12.3. The Balaban J connectivity index is 2.15. The van der Waals surface area contributed by atoms with Crippen LogP contribution < -0.4 is 11.3 Å². The summed E-state index contributed by atoms with van der Waals surface area (Å²) < 4.78 is 7.61. The minimum absolute atomic E-state index is 0.0881. The molecule has 1 aromatic heterocycles. The van der Waals surface area contributed by atoms with Crippen LogP contribution in [0.15, 0.2) is 24.3 Å². The van der Waals surface area contributed by atoms with Gasteiger partial charge in [-0.15, -0.1) is 0 Å². The number of aryl methyl sites for hydroxylation is 1. The molecule has 20 heavy (non-hydrogen) atoms. The number of benzene rings is 1. The Hall–Kier alpha value is -1.43. The van der Waals surface area contributed by atoms with Gasteiger partial charge in [0.1, 0.15) is 0 Å².